The molecule has 1 aliphatic carbocycles. The van der Waals surface area contributed by atoms with Gasteiger partial charge in [0.1, 0.15) is 0 Å². The molecule has 1 aliphatic heterocycles. The first-order valence-electron chi connectivity index (χ1n) is 10.4. The van der Waals surface area contributed by atoms with Gasteiger partial charge in [-0.1, -0.05) is 24.3 Å². The molecule has 1 aromatic heterocycles. The molecule has 2 aliphatic rings. The maximum Gasteiger partial charge on any atom is 0.217 e. The molecule has 4 rings (SSSR count). The second-order valence-electron chi connectivity index (χ2n) is 8.50. The van der Waals surface area contributed by atoms with Crippen LogP contribution in [-0.2, 0) is 16.1 Å². The minimum atomic E-state index is 0.0243. The molecular weight excluding hydrogens is 364 g/mol. The summed E-state index contributed by atoms with van der Waals surface area (Å²) in [6, 6.07) is 8.32. The van der Waals surface area contributed by atoms with Gasteiger partial charge in [-0.15, -0.1) is 0 Å². The normalized spacial score (nSPS) is 26.9. The van der Waals surface area contributed by atoms with Crippen molar-refractivity contribution < 1.29 is 9.53 Å². The van der Waals surface area contributed by atoms with E-state index in [1.165, 1.54) is 5.56 Å². The van der Waals surface area contributed by atoms with Crippen LogP contribution in [0.3, 0.4) is 0 Å². The van der Waals surface area contributed by atoms with E-state index in [4.69, 9.17) is 4.74 Å². The quantitative estimate of drug-likeness (QED) is 0.845. The van der Waals surface area contributed by atoms with E-state index in [-0.39, 0.29) is 18.1 Å². The molecule has 2 aromatic rings. The molecule has 0 unspecified atom stereocenters. The first kappa shape index (κ1) is 20.0. The lowest BCUT2D eigenvalue weighted by Gasteiger charge is -2.37. The van der Waals surface area contributed by atoms with E-state index in [0.717, 1.165) is 49.4 Å². The molecule has 4 atom stereocenters. The topological polar surface area (TPSA) is 67.3 Å². The second-order valence-corrected chi connectivity index (χ2v) is 8.50. The molecule has 1 saturated heterocycles. The molecule has 29 heavy (non-hydrogen) atoms. The smallest absolute Gasteiger partial charge is 0.217 e. The van der Waals surface area contributed by atoms with Crippen molar-refractivity contribution in [2.24, 2.45) is 11.8 Å². The fraction of sp³-hybridized carbons (Fsp3) is 0.522. The van der Waals surface area contributed by atoms with Crippen molar-refractivity contribution in [1.82, 2.24) is 20.2 Å². The van der Waals surface area contributed by atoms with Crippen LogP contribution in [0, 0.1) is 18.8 Å². The van der Waals surface area contributed by atoms with Crippen LogP contribution in [-0.4, -0.2) is 53.1 Å². The molecule has 1 N–H and O–H groups in total. The number of likely N-dealkylation sites (tertiary alicyclic amines) is 1. The number of amides is 1. The Balaban J connectivity index is 1.39. The van der Waals surface area contributed by atoms with E-state index in [1.807, 2.05) is 24.5 Å². The van der Waals surface area contributed by atoms with Crippen LogP contribution in [0.1, 0.15) is 30.9 Å². The number of ether oxygens (including phenoxy) is 1. The predicted octanol–water partition coefficient (Wildman–Crippen LogP) is 2.81. The maximum absolute atomic E-state index is 11.5. The van der Waals surface area contributed by atoms with Gasteiger partial charge < -0.3 is 10.1 Å². The molecule has 0 bridgehead atoms. The fourth-order valence-electron chi connectivity index (χ4n) is 4.97. The number of aromatic nitrogens is 2. The van der Waals surface area contributed by atoms with E-state index in [0.29, 0.717) is 11.8 Å². The molecule has 2 fully saturated rings. The first-order valence-corrected chi connectivity index (χ1v) is 10.4. The van der Waals surface area contributed by atoms with Crippen LogP contribution >= 0.6 is 0 Å². The average molecular weight is 395 g/mol. The van der Waals surface area contributed by atoms with E-state index in [9.17, 15) is 4.79 Å². The van der Waals surface area contributed by atoms with Gasteiger partial charge >= 0.3 is 0 Å². The highest BCUT2D eigenvalue weighted by molar-refractivity contribution is 5.73. The van der Waals surface area contributed by atoms with E-state index in [2.05, 4.69) is 39.2 Å². The monoisotopic (exact) mass is 394 g/mol. The number of nitrogens with one attached hydrogen (secondary N) is 1. The van der Waals surface area contributed by atoms with Crippen molar-refractivity contribution in [2.45, 2.75) is 45.4 Å². The summed E-state index contributed by atoms with van der Waals surface area (Å²) in [5.74, 6) is 2.03. The Morgan fingerprint density at radius 2 is 1.86 bits per heavy atom. The molecule has 6 heteroatoms. The highest BCUT2D eigenvalue weighted by Crippen LogP contribution is 2.38. The number of hydrogen-bond acceptors (Lipinski definition) is 5. The maximum atomic E-state index is 11.5. The van der Waals surface area contributed by atoms with Crippen molar-refractivity contribution in [3.8, 4) is 11.4 Å². The Bertz CT molecular complexity index is 854. The van der Waals surface area contributed by atoms with Gasteiger partial charge in [0, 0.05) is 57.2 Å². The molecule has 154 valence electrons. The summed E-state index contributed by atoms with van der Waals surface area (Å²) < 4.78 is 5.68. The number of carbonyl (C=O) groups excluding carboxylic acids is 1. The Morgan fingerprint density at radius 1 is 1.17 bits per heavy atom. The molecule has 1 saturated carbocycles. The summed E-state index contributed by atoms with van der Waals surface area (Å²) in [6.45, 7) is 6.65. The van der Waals surface area contributed by atoms with Crippen molar-refractivity contribution in [1.29, 1.82) is 0 Å². The highest BCUT2D eigenvalue weighted by atomic mass is 16.5. The number of benzene rings is 1. The Morgan fingerprint density at radius 3 is 2.52 bits per heavy atom. The van der Waals surface area contributed by atoms with Crippen LogP contribution in [0.15, 0.2) is 36.7 Å². The van der Waals surface area contributed by atoms with E-state index in [1.54, 1.807) is 14.0 Å². The lowest BCUT2D eigenvalue weighted by Crippen LogP contribution is -2.49. The molecule has 1 amide bonds. The summed E-state index contributed by atoms with van der Waals surface area (Å²) in [5.41, 5.74) is 3.41. The third-order valence-electron chi connectivity index (χ3n) is 6.38. The number of aryl methyl sites for hydroxylation is 1. The van der Waals surface area contributed by atoms with Gasteiger partial charge in [-0.3, -0.25) is 9.69 Å². The second kappa shape index (κ2) is 8.59. The Labute approximate surface area is 172 Å². The molecular formula is C23H30N4O2. The molecule has 0 spiro atoms. The SMILES string of the molecule is CO[C@@H]1C[C@H]2CN(Cc3cnc(-c4ccccc4C)nc3)C[C@H]2C[C@H]1NC(C)=O. The number of rotatable bonds is 5. The zero-order valence-electron chi connectivity index (χ0n) is 17.5. The van der Waals surface area contributed by atoms with Gasteiger partial charge in [0.25, 0.3) is 0 Å². The van der Waals surface area contributed by atoms with E-state index < -0.39 is 0 Å². The lowest BCUT2D eigenvalue weighted by atomic mass is 9.77. The third kappa shape index (κ3) is 4.49. The van der Waals surface area contributed by atoms with Crippen LogP contribution in [0.4, 0.5) is 0 Å². The standard InChI is InChI=1S/C23H30N4O2/c1-15-6-4-5-7-20(15)23-24-10-17(11-25-23)12-27-13-18-8-21(26-16(2)28)22(29-3)9-19(18)14-27/h4-7,10-11,18-19,21-22H,8-9,12-14H2,1-3H3,(H,26,28)/t18-,19+,21-,22-/m1/s1. The molecule has 0 radical (unpaired) electrons. The van der Waals surface area contributed by atoms with Gasteiger partial charge in [-0.05, 0) is 37.2 Å². The van der Waals surface area contributed by atoms with E-state index >= 15 is 0 Å². The first-order chi connectivity index (χ1) is 14.0. The number of nitrogens with zero attached hydrogens (tertiary/aromatic N) is 3. The summed E-state index contributed by atoms with van der Waals surface area (Å²) in [7, 11) is 1.75. The number of fused-ring (bicyclic) bond motifs is 1. The summed E-state index contributed by atoms with van der Waals surface area (Å²) in [4.78, 5) is 23.2. The van der Waals surface area contributed by atoms with Crippen molar-refractivity contribution in [3.63, 3.8) is 0 Å². The van der Waals surface area contributed by atoms with Crippen LogP contribution in [0.2, 0.25) is 0 Å². The average Bonchev–Trinajstić information content (AvgIpc) is 3.09. The van der Waals surface area contributed by atoms with Gasteiger partial charge in [0.15, 0.2) is 5.82 Å². The van der Waals surface area contributed by atoms with Crippen molar-refractivity contribution in [2.75, 3.05) is 20.2 Å². The summed E-state index contributed by atoms with van der Waals surface area (Å²) >= 11 is 0. The summed E-state index contributed by atoms with van der Waals surface area (Å²) in [6.07, 6.45) is 6.01. The zero-order valence-corrected chi connectivity index (χ0v) is 17.5. The Hall–Kier alpha value is -2.31. The summed E-state index contributed by atoms with van der Waals surface area (Å²) in [5, 5.41) is 3.08. The molecule has 6 nitrogen and oxygen atoms in total. The minimum Gasteiger partial charge on any atom is -0.379 e. The largest absolute Gasteiger partial charge is 0.379 e. The Kier molecular flexibility index (Phi) is 5.92. The molecule has 2 heterocycles. The van der Waals surface area contributed by atoms with Gasteiger partial charge in [-0.2, -0.15) is 0 Å². The number of hydrogen-bond donors (Lipinski definition) is 1. The fourth-order valence-corrected chi connectivity index (χ4v) is 4.97. The van der Waals surface area contributed by atoms with Crippen molar-refractivity contribution >= 4 is 5.91 Å². The van der Waals surface area contributed by atoms with Crippen LogP contribution in [0.25, 0.3) is 11.4 Å². The van der Waals surface area contributed by atoms with Gasteiger partial charge in [0.2, 0.25) is 5.91 Å². The van der Waals surface area contributed by atoms with Gasteiger partial charge in [0.05, 0.1) is 12.1 Å². The molecule has 1 aromatic carbocycles. The van der Waals surface area contributed by atoms with Gasteiger partial charge in [-0.25, -0.2) is 9.97 Å². The van der Waals surface area contributed by atoms with Crippen molar-refractivity contribution in [3.05, 3.63) is 47.8 Å². The lowest BCUT2D eigenvalue weighted by molar-refractivity contribution is -0.121. The zero-order chi connectivity index (χ0) is 20.4. The highest BCUT2D eigenvalue weighted by Gasteiger charge is 2.42. The number of carbonyl (C=O) groups is 1. The van der Waals surface area contributed by atoms with Crippen LogP contribution < -0.4 is 5.32 Å². The number of methoxy groups -OCH3 is 1. The predicted molar refractivity (Wildman–Crippen MR) is 112 cm³/mol. The third-order valence-corrected chi connectivity index (χ3v) is 6.38. The minimum absolute atomic E-state index is 0.0243. The van der Waals surface area contributed by atoms with Crippen LogP contribution in [0.5, 0.6) is 0 Å².